The van der Waals surface area contributed by atoms with Crippen LogP contribution in [-0.4, -0.2) is 48.4 Å². The Morgan fingerprint density at radius 1 is 1.19 bits per heavy atom. The monoisotopic (exact) mass is 452 g/mol. The lowest BCUT2D eigenvalue weighted by molar-refractivity contribution is -0.185. The van der Waals surface area contributed by atoms with Crippen LogP contribution in [0.1, 0.15) is 65.0 Å². The number of halogens is 1. The van der Waals surface area contributed by atoms with Crippen LogP contribution in [0.5, 0.6) is 0 Å². The highest BCUT2D eigenvalue weighted by Crippen LogP contribution is 2.47. The molecule has 1 amide bonds. The van der Waals surface area contributed by atoms with Gasteiger partial charge in [0.15, 0.2) is 0 Å². The predicted octanol–water partition coefficient (Wildman–Crippen LogP) is 3.68. The lowest BCUT2D eigenvalue weighted by Gasteiger charge is -2.42. The molecule has 1 aromatic rings. The van der Waals surface area contributed by atoms with Gasteiger partial charge in [-0.3, -0.25) is 9.59 Å². The van der Waals surface area contributed by atoms with Crippen molar-refractivity contribution in [2.75, 3.05) is 7.11 Å². The Balaban J connectivity index is 2.42. The molecule has 8 nitrogen and oxygen atoms in total. The third-order valence-corrected chi connectivity index (χ3v) is 6.27. The van der Waals surface area contributed by atoms with Gasteiger partial charge in [-0.05, 0) is 50.3 Å². The summed E-state index contributed by atoms with van der Waals surface area (Å²) in [5.74, 6) is -1.30. The highest BCUT2D eigenvalue weighted by Gasteiger charge is 2.53. The Hall–Kier alpha value is -2.68. The second-order valence-corrected chi connectivity index (χ2v) is 8.11. The molecular formula is C23H33FN2O6. The number of ether oxygens (including phenoxy) is 3. The molecule has 0 aromatic heterocycles. The summed E-state index contributed by atoms with van der Waals surface area (Å²) in [6.45, 7) is 6.70. The fraction of sp³-hybridized carbons (Fsp3) is 0.609. The van der Waals surface area contributed by atoms with E-state index in [9.17, 15) is 18.8 Å². The standard InChI is InChI=1S/C23H33FN2O6/c1-6-23(7-2,21(28)31-15(4)32-22(29)30-5)19-12-11-18(26(19)20(27)14(3)25)16-9-8-10-17(24)13-16/h8-10,13-15,18-19H,6-7,11-12,25H2,1-5H3/t14-,15?,18+,19-/m1/s1. The van der Waals surface area contributed by atoms with Crippen molar-refractivity contribution in [3.63, 3.8) is 0 Å². The Morgan fingerprint density at radius 2 is 1.84 bits per heavy atom. The number of nitrogens with two attached hydrogens (primary N) is 1. The van der Waals surface area contributed by atoms with E-state index in [2.05, 4.69) is 4.74 Å². The van der Waals surface area contributed by atoms with Crippen LogP contribution in [-0.2, 0) is 23.8 Å². The number of benzene rings is 1. The number of rotatable bonds is 8. The molecule has 1 fully saturated rings. The lowest BCUT2D eigenvalue weighted by atomic mass is 9.74. The van der Waals surface area contributed by atoms with Crippen LogP contribution >= 0.6 is 0 Å². The normalized spacial score (nSPS) is 20.4. The van der Waals surface area contributed by atoms with Crippen molar-refractivity contribution in [1.82, 2.24) is 4.90 Å². The van der Waals surface area contributed by atoms with E-state index in [4.69, 9.17) is 15.2 Å². The molecule has 1 aliphatic heterocycles. The summed E-state index contributed by atoms with van der Waals surface area (Å²) >= 11 is 0. The Bertz CT molecular complexity index is 826. The molecule has 0 radical (unpaired) electrons. The van der Waals surface area contributed by atoms with Gasteiger partial charge >= 0.3 is 12.1 Å². The Kier molecular flexibility index (Phi) is 8.60. The van der Waals surface area contributed by atoms with E-state index in [1.807, 2.05) is 13.8 Å². The molecule has 9 heteroatoms. The van der Waals surface area contributed by atoms with Crippen molar-refractivity contribution in [2.45, 2.75) is 77.8 Å². The molecule has 1 heterocycles. The van der Waals surface area contributed by atoms with E-state index in [1.165, 1.54) is 19.1 Å². The third kappa shape index (κ3) is 5.20. The van der Waals surface area contributed by atoms with E-state index < -0.39 is 47.8 Å². The molecule has 1 aromatic carbocycles. The van der Waals surface area contributed by atoms with Crippen molar-refractivity contribution >= 4 is 18.0 Å². The molecule has 4 atom stereocenters. The number of nitrogens with zero attached hydrogens (tertiary/aromatic N) is 1. The molecule has 32 heavy (non-hydrogen) atoms. The first-order chi connectivity index (χ1) is 15.1. The fourth-order valence-electron chi connectivity index (χ4n) is 4.56. The van der Waals surface area contributed by atoms with Gasteiger partial charge in [0.25, 0.3) is 0 Å². The second-order valence-electron chi connectivity index (χ2n) is 8.11. The Labute approximate surface area is 188 Å². The minimum atomic E-state index is -1.16. The highest BCUT2D eigenvalue weighted by molar-refractivity contribution is 5.85. The molecule has 1 aliphatic rings. The maximum absolute atomic E-state index is 13.9. The Morgan fingerprint density at radius 3 is 2.38 bits per heavy atom. The zero-order valence-corrected chi connectivity index (χ0v) is 19.3. The quantitative estimate of drug-likeness (QED) is 0.473. The van der Waals surface area contributed by atoms with Crippen LogP contribution in [0, 0.1) is 11.2 Å². The van der Waals surface area contributed by atoms with Gasteiger partial charge in [-0.15, -0.1) is 0 Å². The summed E-state index contributed by atoms with van der Waals surface area (Å²) < 4.78 is 28.7. The first kappa shape index (κ1) is 25.6. The fourth-order valence-corrected chi connectivity index (χ4v) is 4.56. The van der Waals surface area contributed by atoms with Gasteiger partial charge < -0.3 is 24.8 Å². The van der Waals surface area contributed by atoms with Crippen LogP contribution in [0.4, 0.5) is 9.18 Å². The van der Waals surface area contributed by atoms with Crippen molar-refractivity contribution in [1.29, 1.82) is 0 Å². The number of esters is 1. The number of hydrogen-bond acceptors (Lipinski definition) is 7. The highest BCUT2D eigenvalue weighted by atomic mass is 19.1. The van der Waals surface area contributed by atoms with Gasteiger partial charge in [-0.2, -0.15) is 0 Å². The van der Waals surface area contributed by atoms with Gasteiger partial charge in [-0.25, -0.2) is 9.18 Å². The first-order valence-electron chi connectivity index (χ1n) is 10.9. The van der Waals surface area contributed by atoms with Crippen LogP contribution in [0.25, 0.3) is 0 Å². The molecule has 0 saturated carbocycles. The minimum Gasteiger partial charge on any atom is -0.438 e. The smallest absolute Gasteiger partial charge is 0.438 e. The average Bonchev–Trinajstić information content (AvgIpc) is 3.19. The van der Waals surface area contributed by atoms with Gasteiger partial charge in [0.2, 0.25) is 12.2 Å². The number of carbonyl (C=O) groups excluding carboxylic acids is 3. The zero-order valence-electron chi connectivity index (χ0n) is 19.3. The number of hydrogen-bond donors (Lipinski definition) is 1. The van der Waals surface area contributed by atoms with Crippen LogP contribution in [0.2, 0.25) is 0 Å². The number of methoxy groups -OCH3 is 1. The van der Waals surface area contributed by atoms with Gasteiger partial charge in [0.05, 0.1) is 24.6 Å². The molecular weight excluding hydrogens is 419 g/mol. The number of amides is 1. The van der Waals surface area contributed by atoms with Crippen molar-refractivity contribution in [3.8, 4) is 0 Å². The maximum atomic E-state index is 13.9. The molecule has 1 unspecified atom stereocenters. The van der Waals surface area contributed by atoms with Crippen molar-refractivity contribution in [2.24, 2.45) is 11.1 Å². The molecule has 178 valence electrons. The van der Waals surface area contributed by atoms with E-state index in [0.29, 0.717) is 31.2 Å². The molecule has 1 saturated heterocycles. The summed E-state index contributed by atoms with van der Waals surface area (Å²) in [5.41, 5.74) is 5.54. The van der Waals surface area contributed by atoms with Crippen LogP contribution in [0.3, 0.4) is 0 Å². The van der Waals surface area contributed by atoms with Crippen LogP contribution in [0.15, 0.2) is 24.3 Å². The summed E-state index contributed by atoms with van der Waals surface area (Å²) in [6.07, 6.45) is -0.291. The second kappa shape index (κ2) is 10.8. The number of likely N-dealkylation sites (tertiary alicyclic amines) is 1. The average molecular weight is 453 g/mol. The molecule has 0 bridgehead atoms. The predicted molar refractivity (Wildman–Crippen MR) is 115 cm³/mol. The van der Waals surface area contributed by atoms with Gasteiger partial charge in [-0.1, -0.05) is 26.0 Å². The van der Waals surface area contributed by atoms with Crippen molar-refractivity contribution < 1.29 is 33.0 Å². The van der Waals surface area contributed by atoms with Crippen LogP contribution < -0.4 is 5.73 Å². The molecule has 2 N–H and O–H groups in total. The zero-order chi connectivity index (χ0) is 24.1. The van der Waals surface area contributed by atoms with Gasteiger partial charge in [0.1, 0.15) is 5.82 Å². The molecule has 0 aliphatic carbocycles. The van der Waals surface area contributed by atoms with Gasteiger partial charge in [0, 0.05) is 13.0 Å². The molecule has 0 spiro atoms. The first-order valence-corrected chi connectivity index (χ1v) is 10.9. The topological polar surface area (TPSA) is 108 Å². The minimum absolute atomic E-state index is 0.320. The number of carbonyl (C=O) groups is 3. The summed E-state index contributed by atoms with van der Waals surface area (Å²) in [5, 5.41) is 0. The summed E-state index contributed by atoms with van der Waals surface area (Å²) in [6, 6.07) is 4.39. The van der Waals surface area contributed by atoms with Crippen molar-refractivity contribution in [3.05, 3.63) is 35.6 Å². The van der Waals surface area contributed by atoms with E-state index in [-0.39, 0.29) is 5.91 Å². The SMILES string of the molecule is CCC(CC)(C(=O)OC(C)OC(=O)OC)[C@H]1CC[C@@H](c2cccc(F)c2)N1C(=O)[C@@H](C)N. The van der Waals surface area contributed by atoms with E-state index in [1.54, 1.807) is 24.0 Å². The maximum Gasteiger partial charge on any atom is 0.511 e. The summed E-state index contributed by atoms with van der Waals surface area (Å²) in [7, 11) is 1.15. The largest absolute Gasteiger partial charge is 0.511 e. The van der Waals surface area contributed by atoms with E-state index in [0.717, 1.165) is 7.11 Å². The third-order valence-electron chi connectivity index (χ3n) is 6.27. The lowest BCUT2D eigenvalue weighted by Crippen LogP contribution is -2.55. The molecule has 2 rings (SSSR count). The van der Waals surface area contributed by atoms with E-state index >= 15 is 0 Å². The summed E-state index contributed by atoms with van der Waals surface area (Å²) in [4.78, 5) is 39.5.